The van der Waals surface area contributed by atoms with Crippen molar-refractivity contribution in [3.8, 4) is 0 Å². The molecule has 3 heterocycles. The number of aromatic amines is 1. The van der Waals surface area contributed by atoms with E-state index >= 15 is 0 Å². The van der Waals surface area contributed by atoms with Crippen molar-refractivity contribution in [3.63, 3.8) is 0 Å². The van der Waals surface area contributed by atoms with Gasteiger partial charge in [-0.05, 0) is 64.1 Å². The minimum atomic E-state index is 0.431. The fraction of sp³-hybridized carbons (Fsp3) is 0.588. The molecule has 4 nitrogen and oxygen atoms in total. The standard InChI is InChI=1S/C17H23N3O/c1-12-8-9-13(21-12)11-20-10-4-7-16(20)17-18-14-5-2-3-6-15(14)19-17/h8-9,16H,2-7,10-11H2,1H3,(H,18,19)/t16-/m0/s1. The summed E-state index contributed by atoms with van der Waals surface area (Å²) in [6.45, 7) is 4.03. The molecule has 2 aliphatic rings. The fourth-order valence-corrected chi connectivity index (χ4v) is 3.73. The normalized spacial score (nSPS) is 22.6. The Hall–Kier alpha value is -1.55. The van der Waals surface area contributed by atoms with Gasteiger partial charge in [-0.2, -0.15) is 0 Å². The highest BCUT2D eigenvalue weighted by Crippen LogP contribution is 2.33. The van der Waals surface area contributed by atoms with Gasteiger partial charge in [0.05, 0.1) is 18.3 Å². The lowest BCUT2D eigenvalue weighted by atomic mass is 10.0. The summed E-state index contributed by atoms with van der Waals surface area (Å²) >= 11 is 0. The predicted octanol–water partition coefficient (Wildman–Crippen LogP) is 3.53. The third-order valence-electron chi connectivity index (χ3n) is 4.81. The van der Waals surface area contributed by atoms with Crippen LogP contribution in [0.25, 0.3) is 0 Å². The highest BCUT2D eigenvalue weighted by atomic mass is 16.3. The first-order valence-corrected chi connectivity index (χ1v) is 8.16. The number of rotatable bonds is 3. The molecule has 4 heteroatoms. The van der Waals surface area contributed by atoms with Gasteiger partial charge < -0.3 is 9.40 Å². The molecule has 0 unspecified atom stereocenters. The lowest BCUT2D eigenvalue weighted by molar-refractivity contribution is 0.220. The molecule has 1 fully saturated rings. The van der Waals surface area contributed by atoms with E-state index in [4.69, 9.17) is 9.40 Å². The molecular weight excluding hydrogens is 262 g/mol. The summed E-state index contributed by atoms with van der Waals surface area (Å²) in [5, 5.41) is 0. The highest BCUT2D eigenvalue weighted by Gasteiger charge is 2.30. The second kappa shape index (κ2) is 5.34. The Morgan fingerprint density at radius 2 is 2.19 bits per heavy atom. The Bertz CT molecular complexity index is 604. The maximum Gasteiger partial charge on any atom is 0.124 e. The van der Waals surface area contributed by atoms with E-state index in [0.29, 0.717) is 6.04 Å². The van der Waals surface area contributed by atoms with Crippen LogP contribution in [0.3, 0.4) is 0 Å². The zero-order valence-corrected chi connectivity index (χ0v) is 12.7. The number of aryl methyl sites for hydroxylation is 3. The van der Waals surface area contributed by atoms with Gasteiger partial charge in [-0.25, -0.2) is 4.98 Å². The molecular formula is C17H23N3O. The van der Waals surface area contributed by atoms with Gasteiger partial charge in [0.1, 0.15) is 17.3 Å². The van der Waals surface area contributed by atoms with Crippen LogP contribution in [-0.2, 0) is 19.4 Å². The first-order chi connectivity index (χ1) is 10.3. The van der Waals surface area contributed by atoms with Crippen LogP contribution < -0.4 is 0 Å². The van der Waals surface area contributed by atoms with Crippen molar-refractivity contribution in [2.75, 3.05) is 6.54 Å². The SMILES string of the molecule is Cc1ccc(CN2CCC[C@H]2c2nc3c([nH]2)CCCC3)o1. The molecule has 1 N–H and O–H groups in total. The summed E-state index contributed by atoms with van der Waals surface area (Å²) in [4.78, 5) is 11.0. The number of likely N-dealkylation sites (tertiary alicyclic amines) is 1. The van der Waals surface area contributed by atoms with Crippen LogP contribution >= 0.6 is 0 Å². The topological polar surface area (TPSA) is 45.1 Å². The van der Waals surface area contributed by atoms with Crippen LogP contribution in [0, 0.1) is 6.92 Å². The van der Waals surface area contributed by atoms with Crippen molar-refractivity contribution < 1.29 is 4.42 Å². The number of nitrogens with zero attached hydrogens (tertiary/aromatic N) is 2. The molecule has 21 heavy (non-hydrogen) atoms. The lowest BCUT2D eigenvalue weighted by Gasteiger charge is -2.21. The molecule has 112 valence electrons. The number of nitrogens with one attached hydrogen (secondary N) is 1. The van der Waals surface area contributed by atoms with E-state index < -0.39 is 0 Å². The summed E-state index contributed by atoms with van der Waals surface area (Å²) in [6.07, 6.45) is 7.36. The fourth-order valence-electron chi connectivity index (χ4n) is 3.73. The van der Waals surface area contributed by atoms with Crippen LogP contribution in [0.5, 0.6) is 0 Å². The molecule has 4 rings (SSSR count). The van der Waals surface area contributed by atoms with Gasteiger partial charge in [-0.1, -0.05) is 0 Å². The summed E-state index contributed by atoms with van der Waals surface area (Å²) in [5.41, 5.74) is 2.70. The first-order valence-electron chi connectivity index (χ1n) is 8.16. The van der Waals surface area contributed by atoms with Crippen LogP contribution in [0.4, 0.5) is 0 Å². The molecule has 1 aliphatic heterocycles. The van der Waals surface area contributed by atoms with Crippen molar-refractivity contribution in [1.82, 2.24) is 14.9 Å². The Kier molecular flexibility index (Phi) is 3.34. The van der Waals surface area contributed by atoms with Crippen LogP contribution in [0.2, 0.25) is 0 Å². The number of hydrogen-bond donors (Lipinski definition) is 1. The second-order valence-electron chi connectivity index (χ2n) is 6.40. The van der Waals surface area contributed by atoms with Gasteiger partial charge in [-0.15, -0.1) is 0 Å². The van der Waals surface area contributed by atoms with Gasteiger partial charge in [-0.3, -0.25) is 4.90 Å². The Balaban J connectivity index is 1.54. The largest absolute Gasteiger partial charge is 0.465 e. The number of aromatic nitrogens is 2. The molecule has 0 saturated carbocycles. The lowest BCUT2D eigenvalue weighted by Crippen LogP contribution is -2.23. The Morgan fingerprint density at radius 3 is 3.00 bits per heavy atom. The highest BCUT2D eigenvalue weighted by molar-refractivity contribution is 5.20. The molecule has 1 aliphatic carbocycles. The van der Waals surface area contributed by atoms with E-state index in [1.165, 1.54) is 49.3 Å². The van der Waals surface area contributed by atoms with Crippen molar-refractivity contribution in [1.29, 1.82) is 0 Å². The molecule has 2 aromatic heterocycles. The molecule has 0 radical (unpaired) electrons. The Morgan fingerprint density at radius 1 is 1.29 bits per heavy atom. The van der Waals surface area contributed by atoms with E-state index in [9.17, 15) is 0 Å². The van der Waals surface area contributed by atoms with Crippen LogP contribution in [0.1, 0.15) is 60.5 Å². The van der Waals surface area contributed by atoms with Gasteiger partial charge in [0, 0.05) is 5.69 Å². The van der Waals surface area contributed by atoms with Crippen LogP contribution in [0.15, 0.2) is 16.5 Å². The predicted molar refractivity (Wildman–Crippen MR) is 81.1 cm³/mol. The van der Waals surface area contributed by atoms with Crippen molar-refractivity contribution in [3.05, 3.63) is 40.9 Å². The smallest absolute Gasteiger partial charge is 0.124 e. The van der Waals surface area contributed by atoms with E-state index in [1.807, 2.05) is 13.0 Å². The average Bonchev–Trinajstić information content (AvgIpc) is 3.18. The zero-order chi connectivity index (χ0) is 14.2. The molecule has 0 aromatic carbocycles. The average molecular weight is 285 g/mol. The quantitative estimate of drug-likeness (QED) is 0.938. The van der Waals surface area contributed by atoms with Gasteiger partial charge >= 0.3 is 0 Å². The van der Waals surface area contributed by atoms with E-state index in [-0.39, 0.29) is 0 Å². The molecule has 2 aromatic rings. The maximum absolute atomic E-state index is 5.74. The third-order valence-corrected chi connectivity index (χ3v) is 4.81. The number of H-pyrrole nitrogens is 1. The summed E-state index contributed by atoms with van der Waals surface area (Å²) < 4.78 is 5.74. The monoisotopic (exact) mass is 285 g/mol. The van der Waals surface area contributed by atoms with Crippen molar-refractivity contribution in [2.24, 2.45) is 0 Å². The van der Waals surface area contributed by atoms with Gasteiger partial charge in [0.15, 0.2) is 0 Å². The maximum atomic E-state index is 5.74. The number of fused-ring (bicyclic) bond motifs is 1. The molecule has 0 amide bonds. The molecule has 0 spiro atoms. The summed E-state index contributed by atoms with van der Waals surface area (Å²) in [5.74, 6) is 3.24. The van der Waals surface area contributed by atoms with E-state index in [2.05, 4.69) is 16.0 Å². The van der Waals surface area contributed by atoms with E-state index in [1.54, 1.807) is 0 Å². The minimum absolute atomic E-state index is 0.431. The molecule has 1 atom stereocenters. The zero-order valence-electron chi connectivity index (χ0n) is 12.7. The van der Waals surface area contributed by atoms with Gasteiger partial charge in [0.25, 0.3) is 0 Å². The molecule has 1 saturated heterocycles. The second-order valence-corrected chi connectivity index (χ2v) is 6.40. The minimum Gasteiger partial charge on any atom is -0.465 e. The number of imidazole rings is 1. The van der Waals surface area contributed by atoms with E-state index in [0.717, 1.165) is 31.0 Å². The number of furan rings is 1. The summed E-state index contributed by atoms with van der Waals surface area (Å²) in [6, 6.07) is 4.57. The summed E-state index contributed by atoms with van der Waals surface area (Å²) in [7, 11) is 0. The first kappa shape index (κ1) is 13.1. The van der Waals surface area contributed by atoms with Crippen LogP contribution in [-0.4, -0.2) is 21.4 Å². The van der Waals surface area contributed by atoms with Crippen molar-refractivity contribution in [2.45, 2.75) is 58.0 Å². The third kappa shape index (κ3) is 2.53. The number of hydrogen-bond acceptors (Lipinski definition) is 3. The van der Waals surface area contributed by atoms with Gasteiger partial charge in [0.2, 0.25) is 0 Å². The molecule has 0 bridgehead atoms. The Labute approximate surface area is 125 Å². The van der Waals surface area contributed by atoms with Crippen molar-refractivity contribution >= 4 is 0 Å².